The average Bonchev–Trinajstić information content (AvgIpc) is 2.60. The van der Waals surface area contributed by atoms with Crippen LogP contribution in [0.25, 0.3) is 0 Å². The van der Waals surface area contributed by atoms with Crippen LogP contribution in [-0.2, 0) is 10.8 Å². The highest BCUT2D eigenvalue weighted by Gasteiger charge is 2.14. The van der Waals surface area contributed by atoms with Gasteiger partial charge in [-0.15, -0.1) is 0 Å². The predicted octanol–water partition coefficient (Wildman–Crippen LogP) is 8.08. The Bertz CT molecular complexity index is 876. The van der Waals surface area contributed by atoms with Gasteiger partial charge in [0.1, 0.15) is 0 Å². The Morgan fingerprint density at radius 1 is 0.483 bits per heavy atom. The molecule has 2 heteroatoms. The second-order valence-corrected chi connectivity index (χ2v) is 9.99. The van der Waals surface area contributed by atoms with Gasteiger partial charge in [0, 0.05) is 22.7 Å². The maximum atomic E-state index is 3.54. The summed E-state index contributed by atoms with van der Waals surface area (Å²) in [6.07, 6.45) is 0. The van der Waals surface area contributed by atoms with Crippen molar-refractivity contribution in [3.8, 4) is 0 Å². The first-order valence-electron chi connectivity index (χ1n) is 10.4. The van der Waals surface area contributed by atoms with E-state index in [9.17, 15) is 0 Å². The topological polar surface area (TPSA) is 24.1 Å². The second kappa shape index (κ2) is 7.94. The molecule has 0 saturated carbocycles. The van der Waals surface area contributed by atoms with Gasteiger partial charge < -0.3 is 10.6 Å². The van der Waals surface area contributed by atoms with E-state index >= 15 is 0 Å². The molecule has 0 aromatic heterocycles. The third-order valence-corrected chi connectivity index (χ3v) is 5.16. The number of hydrogen-bond donors (Lipinski definition) is 2. The molecule has 0 saturated heterocycles. The first kappa shape index (κ1) is 21.0. The van der Waals surface area contributed by atoms with E-state index < -0.39 is 0 Å². The lowest BCUT2D eigenvalue weighted by atomic mass is 9.87. The Labute approximate surface area is 176 Å². The monoisotopic (exact) mass is 386 g/mol. The van der Waals surface area contributed by atoms with Crippen molar-refractivity contribution in [2.24, 2.45) is 0 Å². The number of hydrogen-bond acceptors (Lipinski definition) is 2. The minimum Gasteiger partial charge on any atom is -0.355 e. The highest BCUT2D eigenvalue weighted by atomic mass is 14.9. The highest BCUT2D eigenvalue weighted by molar-refractivity contribution is 5.69. The van der Waals surface area contributed by atoms with Crippen molar-refractivity contribution in [2.75, 3.05) is 10.6 Å². The van der Waals surface area contributed by atoms with Gasteiger partial charge >= 0.3 is 0 Å². The number of nitrogens with one attached hydrogen (secondary N) is 2. The molecule has 0 radical (unpaired) electrons. The van der Waals surface area contributed by atoms with Crippen LogP contribution in [0.5, 0.6) is 0 Å². The fourth-order valence-electron chi connectivity index (χ4n) is 3.37. The molecule has 0 amide bonds. The molecule has 3 aromatic carbocycles. The van der Waals surface area contributed by atoms with Crippen molar-refractivity contribution in [1.82, 2.24) is 0 Å². The molecular formula is C27H34N2. The van der Waals surface area contributed by atoms with E-state index in [1.807, 2.05) is 0 Å². The lowest BCUT2D eigenvalue weighted by Gasteiger charge is -2.20. The summed E-state index contributed by atoms with van der Waals surface area (Å²) in [5.74, 6) is 0. The lowest BCUT2D eigenvalue weighted by molar-refractivity contribution is 0.590. The summed E-state index contributed by atoms with van der Waals surface area (Å²) >= 11 is 0. The Hall–Kier alpha value is -2.74. The van der Waals surface area contributed by atoms with E-state index in [-0.39, 0.29) is 10.8 Å². The van der Waals surface area contributed by atoms with Gasteiger partial charge in [-0.05, 0) is 76.9 Å². The first-order valence-corrected chi connectivity index (χ1v) is 10.4. The van der Waals surface area contributed by atoms with Gasteiger partial charge in [-0.3, -0.25) is 0 Å². The minimum absolute atomic E-state index is 0.168. The van der Waals surface area contributed by atoms with Gasteiger partial charge in [-0.25, -0.2) is 0 Å². The molecule has 0 heterocycles. The zero-order chi connectivity index (χ0) is 21.2. The van der Waals surface area contributed by atoms with E-state index in [2.05, 4.69) is 126 Å². The van der Waals surface area contributed by atoms with Gasteiger partial charge in [0.25, 0.3) is 0 Å². The van der Waals surface area contributed by atoms with Gasteiger partial charge in [-0.2, -0.15) is 0 Å². The molecule has 0 aliphatic rings. The Morgan fingerprint density at radius 2 is 0.828 bits per heavy atom. The van der Waals surface area contributed by atoms with Crippen LogP contribution >= 0.6 is 0 Å². The summed E-state index contributed by atoms with van der Waals surface area (Å²) < 4.78 is 0. The van der Waals surface area contributed by atoms with Crippen LogP contribution in [0.3, 0.4) is 0 Å². The molecular weight excluding hydrogens is 352 g/mol. The van der Waals surface area contributed by atoms with Gasteiger partial charge in [0.15, 0.2) is 0 Å². The predicted molar refractivity (Wildman–Crippen MR) is 128 cm³/mol. The summed E-state index contributed by atoms with van der Waals surface area (Å²) in [4.78, 5) is 0. The summed E-state index contributed by atoms with van der Waals surface area (Å²) in [7, 11) is 0. The molecule has 3 rings (SSSR count). The van der Waals surface area contributed by atoms with Gasteiger partial charge in [0.05, 0.1) is 0 Å². The number of anilines is 4. The van der Waals surface area contributed by atoms with E-state index in [0.717, 1.165) is 22.7 Å². The Kier molecular flexibility index (Phi) is 5.75. The maximum absolute atomic E-state index is 3.54. The Morgan fingerprint density at radius 3 is 1.14 bits per heavy atom. The largest absolute Gasteiger partial charge is 0.355 e. The van der Waals surface area contributed by atoms with Crippen molar-refractivity contribution < 1.29 is 0 Å². The smallest absolute Gasteiger partial charge is 0.0407 e. The minimum atomic E-state index is 0.168. The van der Waals surface area contributed by atoms with E-state index in [1.54, 1.807) is 0 Å². The van der Waals surface area contributed by atoms with Gasteiger partial charge in [-0.1, -0.05) is 65.8 Å². The van der Waals surface area contributed by atoms with Crippen LogP contribution in [0.4, 0.5) is 22.7 Å². The van der Waals surface area contributed by atoms with Crippen LogP contribution < -0.4 is 10.6 Å². The third kappa shape index (κ3) is 5.63. The molecule has 2 nitrogen and oxygen atoms in total. The fourth-order valence-corrected chi connectivity index (χ4v) is 3.37. The zero-order valence-corrected chi connectivity index (χ0v) is 18.9. The quantitative estimate of drug-likeness (QED) is 0.473. The molecule has 29 heavy (non-hydrogen) atoms. The summed E-state index contributed by atoms with van der Waals surface area (Å²) in [5.41, 5.74) is 8.61. The summed E-state index contributed by atoms with van der Waals surface area (Å²) in [5, 5.41) is 7.08. The van der Waals surface area contributed by atoms with Crippen molar-refractivity contribution in [3.63, 3.8) is 0 Å². The zero-order valence-electron chi connectivity index (χ0n) is 18.9. The molecule has 152 valence electrons. The number of rotatable bonds is 4. The normalized spacial score (nSPS) is 12.0. The molecule has 0 atom stereocenters. The standard InChI is InChI=1S/C27H34N2/c1-19-16-24(28-22-12-8-20(9-13-22)26(2,3)4)18-25(17-19)29-23-14-10-21(11-15-23)27(5,6)7/h8-18,28-29H,1-7H3. The molecule has 0 aliphatic heterocycles. The average molecular weight is 387 g/mol. The van der Waals surface area contributed by atoms with E-state index in [0.29, 0.717) is 0 Å². The van der Waals surface area contributed by atoms with Crippen LogP contribution in [0, 0.1) is 6.92 Å². The fraction of sp³-hybridized carbons (Fsp3) is 0.333. The SMILES string of the molecule is Cc1cc(Nc2ccc(C(C)(C)C)cc2)cc(Nc2ccc(C(C)(C)C)cc2)c1. The molecule has 0 spiro atoms. The third-order valence-electron chi connectivity index (χ3n) is 5.16. The van der Waals surface area contributed by atoms with Crippen molar-refractivity contribution in [2.45, 2.75) is 59.3 Å². The molecule has 0 aliphatic carbocycles. The second-order valence-electron chi connectivity index (χ2n) is 9.99. The molecule has 0 fully saturated rings. The highest BCUT2D eigenvalue weighted by Crippen LogP contribution is 2.29. The summed E-state index contributed by atoms with van der Waals surface area (Å²) in [6, 6.07) is 23.9. The lowest BCUT2D eigenvalue weighted by Crippen LogP contribution is -2.10. The van der Waals surface area contributed by atoms with Crippen LogP contribution in [0.1, 0.15) is 58.2 Å². The van der Waals surface area contributed by atoms with Crippen LogP contribution in [-0.4, -0.2) is 0 Å². The molecule has 3 aromatic rings. The molecule has 0 unspecified atom stereocenters. The molecule has 0 bridgehead atoms. The van der Waals surface area contributed by atoms with Crippen molar-refractivity contribution in [3.05, 3.63) is 83.4 Å². The number of benzene rings is 3. The van der Waals surface area contributed by atoms with Gasteiger partial charge in [0.2, 0.25) is 0 Å². The first-order chi connectivity index (χ1) is 13.5. The Balaban J connectivity index is 1.76. The van der Waals surface area contributed by atoms with E-state index in [4.69, 9.17) is 0 Å². The maximum Gasteiger partial charge on any atom is 0.0407 e. The molecule has 2 N–H and O–H groups in total. The summed E-state index contributed by atoms with van der Waals surface area (Å²) in [6.45, 7) is 15.6. The van der Waals surface area contributed by atoms with Crippen molar-refractivity contribution >= 4 is 22.7 Å². The number of aryl methyl sites for hydroxylation is 1. The van der Waals surface area contributed by atoms with Crippen molar-refractivity contribution in [1.29, 1.82) is 0 Å². The van der Waals surface area contributed by atoms with Crippen LogP contribution in [0.2, 0.25) is 0 Å². The van der Waals surface area contributed by atoms with Crippen LogP contribution in [0.15, 0.2) is 66.7 Å². The van der Waals surface area contributed by atoms with E-state index in [1.165, 1.54) is 16.7 Å².